The van der Waals surface area contributed by atoms with E-state index in [4.69, 9.17) is 9.47 Å². The fraction of sp³-hybridized carbons (Fsp3) is 0.333. The minimum atomic E-state index is -0.844. The molecule has 6 heteroatoms. The Morgan fingerprint density at radius 2 is 2.00 bits per heavy atom. The third-order valence-corrected chi connectivity index (χ3v) is 5.54. The number of carbonyl (C=O) groups is 2. The van der Waals surface area contributed by atoms with Crippen LogP contribution in [0.5, 0.6) is 11.5 Å². The number of aliphatic carboxylic acids is 1. The van der Waals surface area contributed by atoms with Crippen molar-refractivity contribution in [2.24, 2.45) is 5.92 Å². The van der Waals surface area contributed by atoms with Gasteiger partial charge in [-0.05, 0) is 44.2 Å². The first kappa shape index (κ1) is 21.4. The maximum atomic E-state index is 12.0. The molecule has 0 radical (unpaired) electrons. The SMILES string of the molecule is COc1c(C)c2c(c(O)c1C/C=C(\C)CC(Cc1ccccc1)C(=O)O)C(=O)OC2. The Hall–Kier alpha value is -3.28. The maximum Gasteiger partial charge on any atom is 0.342 e. The van der Waals surface area contributed by atoms with Crippen LogP contribution in [0.2, 0.25) is 0 Å². The monoisotopic (exact) mass is 410 g/mol. The average molecular weight is 410 g/mol. The van der Waals surface area contributed by atoms with Crippen molar-refractivity contribution in [3.63, 3.8) is 0 Å². The highest BCUT2D eigenvalue weighted by Crippen LogP contribution is 2.42. The summed E-state index contributed by atoms with van der Waals surface area (Å²) in [5.74, 6) is -1.53. The van der Waals surface area contributed by atoms with Gasteiger partial charge in [-0.2, -0.15) is 0 Å². The number of rotatable bonds is 8. The predicted molar refractivity (Wildman–Crippen MR) is 112 cm³/mol. The van der Waals surface area contributed by atoms with Gasteiger partial charge in [0.25, 0.3) is 0 Å². The number of carboxylic acid groups (broad SMARTS) is 1. The van der Waals surface area contributed by atoms with Crippen molar-refractivity contribution in [2.75, 3.05) is 7.11 Å². The van der Waals surface area contributed by atoms with Crippen molar-refractivity contribution >= 4 is 11.9 Å². The van der Waals surface area contributed by atoms with Crippen molar-refractivity contribution in [1.29, 1.82) is 0 Å². The first-order valence-electron chi connectivity index (χ1n) is 9.84. The Morgan fingerprint density at radius 3 is 2.63 bits per heavy atom. The number of carbonyl (C=O) groups excluding carboxylic acids is 1. The van der Waals surface area contributed by atoms with Gasteiger partial charge in [0.2, 0.25) is 0 Å². The van der Waals surface area contributed by atoms with Crippen molar-refractivity contribution in [2.45, 2.75) is 39.7 Å². The molecule has 1 unspecified atom stereocenters. The summed E-state index contributed by atoms with van der Waals surface area (Å²) < 4.78 is 10.6. The van der Waals surface area contributed by atoms with Crippen molar-refractivity contribution in [3.05, 3.63) is 69.8 Å². The Bertz CT molecular complexity index is 991. The molecule has 0 spiro atoms. The number of aromatic hydroxyl groups is 1. The number of fused-ring (bicyclic) bond motifs is 1. The smallest absolute Gasteiger partial charge is 0.342 e. The zero-order valence-electron chi connectivity index (χ0n) is 17.4. The van der Waals surface area contributed by atoms with Crippen LogP contribution in [0.1, 0.15) is 46.0 Å². The molecule has 1 atom stereocenters. The third-order valence-electron chi connectivity index (χ3n) is 5.54. The molecule has 0 bridgehead atoms. The van der Waals surface area contributed by atoms with Gasteiger partial charge in [-0.15, -0.1) is 0 Å². The Balaban J connectivity index is 1.82. The molecule has 1 aliphatic rings. The molecule has 0 fully saturated rings. The fourth-order valence-corrected chi connectivity index (χ4v) is 3.92. The molecule has 30 heavy (non-hydrogen) atoms. The van der Waals surface area contributed by atoms with E-state index in [9.17, 15) is 19.8 Å². The number of benzene rings is 2. The Morgan fingerprint density at radius 1 is 1.30 bits per heavy atom. The van der Waals surface area contributed by atoms with E-state index in [0.717, 1.165) is 16.7 Å². The number of phenols is 1. The molecule has 1 heterocycles. The lowest BCUT2D eigenvalue weighted by Gasteiger charge is -2.16. The minimum absolute atomic E-state index is 0.124. The van der Waals surface area contributed by atoms with E-state index in [-0.39, 0.29) is 17.9 Å². The molecule has 3 rings (SSSR count). The van der Waals surface area contributed by atoms with E-state index in [0.29, 0.717) is 36.1 Å². The number of phenolic OH excluding ortho intramolecular Hbond substituents is 1. The number of cyclic esters (lactones) is 1. The van der Waals surface area contributed by atoms with E-state index >= 15 is 0 Å². The van der Waals surface area contributed by atoms with Crippen LogP contribution in [-0.2, 0) is 29.0 Å². The average Bonchev–Trinajstić information content (AvgIpc) is 3.11. The largest absolute Gasteiger partial charge is 0.507 e. The zero-order chi connectivity index (χ0) is 21.8. The molecule has 0 amide bonds. The van der Waals surface area contributed by atoms with E-state index in [1.807, 2.05) is 50.3 Å². The topological polar surface area (TPSA) is 93.1 Å². The molecular formula is C24H26O6. The number of ether oxygens (including phenoxy) is 2. The highest BCUT2D eigenvalue weighted by molar-refractivity contribution is 5.98. The Kier molecular flexibility index (Phi) is 6.45. The van der Waals surface area contributed by atoms with Gasteiger partial charge in [0.1, 0.15) is 23.7 Å². The van der Waals surface area contributed by atoms with E-state index in [1.165, 1.54) is 7.11 Å². The lowest BCUT2D eigenvalue weighted by molar-refractivity contribution is -0.141. The predicted octanol–water partition coefficient (Wildman–Crippen LogP) is 4.20. The van der Waals surface area contributed by atoms with Crippen molar-refractivity contribution in [1.82, 2.24) is 0 Å². The van der Waals surface area contributed by atoms with Gasteiger partial charge in [0.15, 0.2) is 0 Å². The third kappa shape index (κ3) is 4.32. The van der Waals surface area contributed by atoms with E-state index in [2.05, 4.69) is 0 Å². The molecule has 2 aromatic rings. The van der Waals surface area contributed by atoms with Gasteiger partial charge in [-0.1, -0.05) is 42.0 Å². The summed E-state index contributed by atoms with van der Waals surface area (Å²) in [6.07, 6.45) is 3.03. The van der Waals surface area contributed by atoms with E-state index < -0.39 is 17.9 Å². The summed E-state index contributed by atoms with van der Waals surface area (Å²) in [6.45, 7) is 3.83. The van der Waals surface area contributed by atoms with Crippen LogP contribution in [0.15, 0.2) is 42.0 Å². The molecular weight excluding hydrogens is 384 g/mol. The number of methoxy groups -OCH3 is 1. The maximum absolute atomic E-state index is 12.0. The lowest BCUT2D eigenvalue weighted by atomic mass is 9.91. The molecule has 158 valence electrons. The summed E-state index contributed by atoms with van der Waals surface area (Å²) in [6, 6.07) is 9.54. The first-order chi connectivity index (χ1) is 14.3. The van der Waals surface area contributed by atoms with Crippen molar-refractivity contribution < 1.29 is 29.3 Å². The molecule has 2 aromatic carbocycles. The Labute approximate surface area is 175 Å². The second kappa shape index (κ2) is 9.03. The normalized spacial score (nSPS) is 14.2. The number of allylic oxidation sites excluding steroid dienone is 2. The van der Waals surface area contributed by atoms with Crippen LogP contribution >= 0.6 is 0 Å². The van der Waals surface area contributed by atoms with Crippen LogP contribution in [0.3, 0.4) is 0 Å². The number of hydrogen-bond acceptors (Lipinski definition) is 5. The molecule has 0 saturated carbocycles. The molecule has 6 nitrogen and oxygen atoms in total. The van der Waals surface area contributed by atoms with Crippen LogP contribution in [-0.4, -0.2) is 29.3 Å². The number of hydrogen-bond donors (Lipinski definition) is 2. The second-order valence-electron chi connectivity index (χ2n) is 7.60. The number of esters is 1. The minimum Gasteiger partial charge on any atom is -0.507 e. The van der Waals surface area contributed by atoms with Gasteiger partial charge < -0.3 is 19.7 Å². The van der Waals surface area contributed by atoms with Gasteiger partial charge in [-0.3, -0.25) is 4.79 Å². The zero-order valence-corrected chi connectivity index (χ0v) is 17.4. The molecule has 0 saturated heterocycles. The van der Waals surface area contributed by atoms with Gasteiger partial charge in [0.05, 0.1) is 13.0 Å². The summed E-state index contributed by atoms with van der Waals surface area (Å²) >= 11 is 0. The van der Waals surface area contributed by atoms with E-state index in [1.54, 1.807) is 0 Å². The summed E-state index contributed by atoms with van der Waals surface area (Å²) in [5.41, 5.74) is 3.98. The van der Waals surface area contributed by atoms with Crippen LogP contribution < -0.4 is 4.74 Å². The molecule has 1 aliphatic heterocycles. The van der Waals surface area contributed by atoms with Crippen LogP contribution in [0.4, 0.5) is 0 Å². The van der Waals surface area contributed by atoms with Gasteiger partial charge in [0, 0.05) is 11.1 Å². The highest BCUT2D eigenvalue weighted by atomic mass is 16.5. The lowest BCUT2D eigenvalue weighted by Crippen LogP contribution is -2.17. The fourth-order valence-electron chi connectivity index (χ4n) is 3.92. The number of carboxylic acids is 1. The van der Waals surface area contributed by atoms with Gasteiger partial charge in [-0.25, -0.2) is 4.79 Å². The summed E-state index contributed by atoms with van der Waals surface area (Å²) in [4.78, 5) is 23.8. The highest BCUT2D eigenvalue weighted by Gasteiger charge is 2.31. The quantitative estimate of drug-likeness (QED) is 0.500. The molecule has 0 aromatic heterocycles. The van der Waals surface area contributed by atoms with Gasteiger partial charge >= 0.3 is 11.9 Å². The molecule has 0 aliphatic carbocycles. The second-order valence-corrected chi connectivity index (χ2v) is 7.60. The first-order valence-corrected chi connectivity index (χ1v) is 9.84. The van der Waals surface area contributed by atoms with Crippen LogP contribution in [0.25, 0.3) is 0 Å². The standard InChI is InChI=1S/C24H26O6/c1-14(11-17(23(26)27)12-16-7-5-4-6-8-16)9-10-18-21(25)20-19(13-30-24(20)28)15(2)22(18)29-3/h4-9,17,25H,10-13H2,1-3H3,(H,26,27)/b14-9+. The summed E-state index contributed by atoms with van der Waals surface area (Å²) in [7, 11) is 1.52. The van der Waals surface area contributed by atoms with Crippen molar-refractivity contribution in [3.8, 4) is 11.5 Å². The molecule has 2 N–H and O–H groups in total. The summed E-state index contributed by atoms with van der Waals surface area (Å²) in [5, 5.41) is 20.3. The van der Waals surface area contributed by atoms with Crippen LogP contribution in [0, 0.1) is 12.8 Å².